The fraction of sp³-hybridized carbons (Fsp3) is 0.433. The normalized spacial score (nSPS) is 22.5. The van der Waals surface area contributed by atoms with Crippen LogP contribution < -0.4 is 15.5 Å². The summed E-state index contributed by atoms with van der Waals surface area (Å²) in [4.78, 5) is 35.2. The summed E-state index contributed by atoms with van der Waals surface area (Å²) in [7, 11) is -4.02. The highest BCUT2D eigenvalue weighted by Gasteiger charge is 2.44. The van der Waals surface area contributed by atoms with Gasteiger partial charge in [0.15, 0.2) is 0 Å². The fourth-order valence-corrected chi connectivity index (χ4v) is 8.80. The van der Waals surface area contributed by atoms with Crippen LogP contribution in [0.25, 0.3) is 10.4 Å². The molecule has 3 N–H and O–H groups in total. The van der Waals surface area contributed by atoms with E-state index in [4.69, 9.17) is 5.73 Å². The number of nitrogens with two attached hydrogens (primary N) is 1. The van der Waals surface area contributed by atoms with Crippen molar-refractivity contribution in [1.82, 2.24) is 9.29 Å². The Kier molecular flexibility index (Phi) is 8.05. The number of aromatic nitrogens is 1. The highest BCUT2D eigenvalue weighted by atomic mass is 32.2. The largest absolute Gasteiger partial charge is 0.477 e. The van der Waals surface area contributed by atoms with Crippen molar-refractivity contribution in [3.8, 4) is 10.4 Å². The molecule has 0 spiro atoms. The highest BCUT2D eigenvalue weighted by Crippen LogP contribution is 2.42. The molecule has 10 nitrogen and oxygen atoms in total. The molecule has 2 atom stereocenters. The number of benzene rings is 1. The van der Waals surface area contributed by atoms with Gasteiger partial charge in [0, 0.05) is 36.8 Å². The average Bonchev–Trinajstić information content (AvgIpc) is 3.65. The minimum absolute atomic E-state index is 0.0338. The van der Waals surface area contributed by atoms with Crippen molar-refractivity contribution in [2.75, 3.05) is 36.0 Å². The Morgan fingerprint density at radius 2 is 1.79 bits per heavy atom. The van der Waals surface area contributed by atoms with Crippen molar-refractivity contribution in [1.29, 1.82) is 0 Å². The summed E-state index contributed by atoms with van der Waals surface area (Å²) in [6.45, 7) is 1.17. The molecule has 0 bridgehead atoms. The summed E-state index contributed by atoms with van der Waals surface area (Å²) in [5, 5.41) is 10.1. The summed E-state index contributed by atoms with van der Waals surface area (Å²) >= 11 is 1.13. The molecule has 3 fully saturated rings. The SMILES string of the molecule is N[C@@H]1CCN(c2ccc(S(=O)(=O)N3CC(=O)N(c4cc(-c5ccccc5)sc4C(=O)O)[C@H](C4CCCCC4)C3)cn2)C1. The van der Waals surface area contributed by atoms with E-state index in [1.807, 2.05) is 35.2 Å². The predicted molar refractivity (Wildman–Crippen MR) is 162 cm³/mol. The number of amides is 1. The number of piperazine rings is 1. The molecule has 2 aromatic heterocycles. The third kappa shape index (κ3) is 5.56. The van der Waals surface area contributed by atoms with E-state index >= 15 is 0 Å². The molecule has 4 heterocycles. The Morgan fingerprint density at radius 3 is 2.43 bits per heavy atom. The molecule has 0 radical (unpaired) electrons. The van der Waals surface area contributed by atoms with Gasteiger partial charge in [-0.15, -0.1) is 11.3 Å². The predicted octanol–water partition coefficient (Wildman–Crippen LogP) is 4.03. The first-order valence-corrected chi connectivity index (χ1v) is 16.7. The van der Waals surface area contributed by atoms with E-state index in [2.05, 4.69) is 4.98 Å². The van der Waals surface area contributed by atoms with Gasteiger partial charge in [0.1, 0.15) is 15.6 Å². The molecular weight excluding hydrogens is 574 g/mol. The van der Waals surface area contributed by atoms with Gasteiger partial charge in [-0.3, -0.25) is 4.79 Å². The van der Waals surface area contributed by atoms with Gasteiger partial charge in [-0.2, -0.15) is 4.31 Å². The fourth-order valence-electron chi connectivity index (χ4n) is 6.46. The number of rotatable bonds is 7. The van der Waals surface area contributed by atoms with Crippen molar-refractivity contribution >= 4 is 44.7 Å². The molecule has 3 aromatic rings. The maximum atomic E-state index is 13.9. The van der Waals surface area contributed by atoms with Gasteiger partial charge in [0.05, 0.1) is 18.3 Å². The summed E-state index contributed by atoms with van der Waals surface area (Å²) in [6, 6.07) is 14.1. The molecule has 6 rings (SSSR count). The summed E-state index contributed by atoms with van der Waals surface area (Å²) in [6.07, 6.45) is 7.00. The second kappa shape index (κ2) is 11.8. The quantitative estimate of drug-likeness (QED) is 0.410. The first kappa shape index (κ1) is 28.8. The minimum atomic E-state index is -4.02. The maximum Gasteiger partial charge on any atom is 0.348 e. The number of sulfonamides is 1. The van der Waals surface area contributed by atoms with E-state index in [1.54, 1.807) is 23.1 Å². The monoisotopic (exact) mass is 609 g/mol. The van der Waals surface area contributed by atoms with Crippen LogP contribution in [0.15, 0.2) is 59.6 Å². The number of carbonyl (C=O) groups is 2. The van der Waals surface area contributed by atoms with Crippen LogP contribution in [-0.2, 0) is 14.8 Å². The van der Waals surface area contributed by atoms with Crippen LogP contribution in [0.1, 0.15) is 48.2 Å². The number of hydrogen-bond acceptors (Lipinski definition) is 8. The van der Waals surface area contributed by atoms with E-state index < -0.39 is 27.9 Å². The topological polar surface area (TPSA) is 137 Å². The van der Waals surface area contributed by atoms with Gasteiger partial charge in [-0.05, 0) is 48.9 Å². The van der Waals surface area contributed by atoms with E-state index in [1.165, 1.54) is 10.5 Å². The molecule has 2 aliphatic heterocycles. The molecule has 0 unspecified atom stereocenters. The van der Waals surface area contributed by atoms with Gasteiger partial charge in [-0.25, -0.2) is 18.2 Å². The van der Waals surface area contributed by atoms with Crippen molar-refractivity contribution in [3.63, 3.8) is 0 Å². The number of aromatic carboxylic acids is 1. The Balaban J connectivity index is 1.33. The number of carboxylic acid groups (broad SMARTS) is 1. The van der Waals surface area contributed by atoms with Crippen molar-refractivity contribution < 1.29 is 23.1 Å². The zero-order valence-electron chi connectivity index (χ0n) is 23.3. The van der Waals surface area contributed by atoms with Crippen LogP contribution in [0, 0.1) is 5.92 Å². The van der Waals surface area contributed by atoms with Gasteiger partial charge >= 0.3 is 5.97 Å². The second-order valence-corrected chi connectivity index (χ2v) is 14.4. The average molecular weight is 610 g/mol. The number of anilines is 2. The zero-order chi connectivity index (χ0) is 29.4. The Hall–Kier alpha value is -3.32. The molecule has 1 amide bonds. The molecule has 1 aromatic carbocycles. The summed E-state index contributed by atoms with van der Waals surface area (Å²) in [5.74, 6) is -0.790. The van der Waals surface area contributed by atoms with Crippen LogP contribution in [-0.4, -0.2) is 73.0 Å². The number of carboxylic acids is 1. The first-order chi connectivity index (χ1) is 20.2. The number of nitrogens with zero attached hydrogens (tertiary/aromatic N) is 4. The van der Waals surface area contributed by atoms with Crippen molar-refractivity contribution in [3.05, 3.63) is 59.6 Å². The van der Waals surface area contributed by atoms with Crippen LogP contribution in [0.2, 0.25) is 0 Å². The van der Waals surface area contributed by atoms with Gasteiger partial charge in [-0.1, -0.05) is 49.6 Å². The number of hydrogen-bond donors (Lipinski definition) is 2. The summed E-state index contributed by atoms with van der Waals surface area (Å²) < 4.78 is 28.9. The lowest BCUT2D eigenvalue weighted by molar-refractivity contribution is -0.121. The van der Waals surface area contributed by atoms with Crippen LogP contribution in [0.4, 0.5) is 11.5 Å². The van der Waals surface area contributed by atoms with Crippen LogP contribution in [0.3, 0.4) is 0 Å². The molecule has 42 heavy (non-hydrogen) atoms. The van der Waals surface area contributed by atoms with Crippen molar-refractivity contribution in [2.24, 2.45) is 11.7 Å². The number of thiophene rings is 1. The number of pyridine rings is 1. The molecule has 1 saturated carbocycles. The second-order valence-electron chi connectivity index (χ2n) is 11.4. The molecular formula is C30H35N5O5S2. The standard InChI is InChI=1S/C30H35N5O5S2/c31-22-13-14-33(17-22)27-12-11-23(16-32-27)42(39,40)34-18-25(20-7-3-1-4-8-20)35(28(36)19-34)24-15-26(41-29(24)30(37)38)21-9-5-2-6-10-21/h2,5-6,9-12,15-16,20,22,25H,1,3-4,7-8,13-14,17-19,31H2,(H,37,38)/t22-,25+/m1/s1. The van der Waals surface area contributed by atoms with E-state index in [9.17, 15) is 23.1 Å². The minimum Gasteiger partial charge on any atom is -0.477 e. The lowest BCUT2D eigenvalue weighted by atomic mass is 9.82. The van der Waals surface area contributed by atoms with Gasteiger partial charge in [0.2, 0.25) is 15.9 Å². The lowest BCUT2D eigenvalue weighted by Crippen LogP contribution is -2.60. The Labute approximate surface area is 249 Å². The molecule has 3 aliphatic rings. The zero-order valence-corrected chi connectivity index (χ0v) is 24.9. The summed E-state index contributed by atoms with van der Waals surface area (Å²) in [5.41, 5.74) is 7.23. The van der Waals surface area contributed by atoms with Crippen molar-refractivity contribution in [2.45, 2.75) is 55.5 Å². The lowest BCUT2D eigenvalue weighted by Gasteiger charge is -2.44. The van der Waals surface area contributed by atoms with Gasteiger partial charge < -0.3 is 20.6 Å². The maximum absolute atomic E-state index is 13.9. The number of carbonyl (C=O) groups excluding carboxylic acids is 1. The van der Waals surface area contributed by atoms with E-state index in [-0.39, 0.29) is 34.8 Å². The molecule has 1 aliphatic carbocycles. The molecule has 12 heteroatoms. The molecule has 222 valence electrons. The van der Waals surface area contributed by atoms with E-state index in [0.29, 0.717) is 18.1 Å². The Bertz CT molecular complexity index is 1550. The highest BCUT2D eigenvalue weighted by molar-refractivity contribution is 7.89. The van der Waals surface area contributed by atoms with E-state index in [0.717, 1.165) is 66.8 Å². The van der Waals surface area contributed by atoms with Crippen LogP contribution >= 0.6 is 11.3 Å². The third-order valence-corrected chi connectivity index (χ3v) is 11.6. The van der Waals surface area contributed by atoms with Gasteiger partial charge in [0.25, 0.3) is 0 Å². The molecule has 2 saturated heterocycles. The first-order valence-electron chi connectivity index (χ1n) is 14.4. The Morgan fingerprint density at radius 1 is 1.02 bits per heavy atom. The smallest absolute Gasteiger partial charge is 0.348 e. The third-order valence-electron chi connectivity index (χ3n) is 8.63. The van der Waals surface area contributed by atoms with Crippen LogP contribution in [0.5, 0.6) is 0 Å².